The van der Waals surface area contributed by atoms with E-state index in [0.717, 1.165) is 6.54 Å². The molecule has 0 radical (unpaired) electrons. The van der Waals surface area contributed by atoms with E-state index in [0.29, 0.717) is 12.0 Å². The van der Waals surface area contributed by atoms with Gasteiger partial charge in [0.1, 0.15) is 0 Å². The van der Waals surface area contributed by atoms with Crippen molar-refractivity contribution in [3.05, 3.63) is 94.3 Å². The van der Waals surface area contributed by atoms with Crippen LogP contribution in [-0.4, -0.2) is 11.5 Å². The second-order valence-electron chi connectivity index (χ2n) is 6.40. The Morgan fingerprint density at radius 2 is 1.76 bits per heavy atom. The molecule has 2 heterocycles. The van der Waals surface area contributed by atoms with Crippen molar-refractivity contribution in [1.82, 2.24) is 10.3 Å². The Balaban J connectivity index is 1.61. The molecule has 4 aromatic rings. The lowest BCUT2D eigenvalue weighted by Crippen LogP contribution is -2.25. The minimum Gasteiger partial charge on any atom is -0.361 e. The molecule has 2 aromatic carbocycles. The molecule has 0 unspecified atom stereocenters. The summed E-state index contributed by atoms with van der Waals surface area (Å²) >= 11 is 1.83. The number of thiophene rings is 1. The summed E-state index contributed by atoms with van der Waals surface area (Å²) in [6.07, 6.45) is 2.17. The van der Waals surface area contributed by atoms with E-state index in [1.807, 2.05) is 11.3 Å². The van der Waals surface area contributed by atoms with Gasteiger partial charge in [0, 0.05) is 40.5 Å². The Kier molecular flexibility index (Phi) is 4.68. The number of hydrogen-bond acceptors (Lipinski definition) is 2. The van der Waals surface area contributed by atoms with Gasteiger partial charge in [-0.15, -0.1) is 11.3 Å². The molecule has 4 rings (SSSR count). The molecular weight excluding hydrogens is 324 g/mol. The summed E-state index contributed by atoms with van der Waals surface area (Å²) in [5, 5.41) is 7.21. The number of nitrogens with one attached hydrogen (secondary N) is 2. The van der Waals surface area contributed by atoms with Crippen molar-refractivity contribution in [2.45, 2.75) is 18.9 Å². The maximum absolute atomic E-state index is 3.73. The number of hydrogen-bond donors (Lipinski definition) is 2. The Bertz CT molecular complexity index is 925. The van der Waals surface area contributed by atoms with Crippen LogP contribution in [0.3, 0.4) is 0 Å². The molecule has 3 heteroatoms. The third-order valence-corrected chi connectivity index (χ3v) is 5.80. The van der Waals surface area contributed by atoms with Crippen LogP contribution in [0.4, 0.5) is 0 Å². The smallest absolute Gasteiger partial charge is 0.0457 e. The maximum atomic E-state index is 3.73. The highest BCUT2D eigenvalue weighted by atomic mass is 32.1. The Morgan fingerprint density at radius 1 is 0.960 bits per heavy atom. The topological polar surface area (TPSA) is 27.8 Å². The van der Waals surface area contributed by atoms with Crippen LogP contribution in [0.1, 0.15) is 34.9 Å². The highest BCUT2D eigenvalue weighted by molar-refractivity contribution is 7.10. The van der Waals surface area contributed by atoms with Gasteiger partial charge in [-0.1, -0.05) is 54.6 Å². The lowest BCUT2D eigenvalue weighted by molar-refractivity contribution is 0.553. The highest BCUT2D eigenvalue weighted by Gasteiger charge is 2.20. The molecule has 2 N–H and O–H groups in total. The number of H-pyrrole nitrogens is 1. The fourth-order valence-electron chi connectivity index (χ4n) is 3.39. The molecule has 2 aromatic heterocycles. The predicted molar refractivity (Wildman–Crippen MR) is 107 cm³/mol. The van der Waals surface area contributed by atoms with Crippen LogP contribution in [0.25, 0.3) is 10.9 Å². The van der Waals surface area contributed by atoms with Gasteiger partial charge in [-0.2, -0.15) is 0 Å². The molecule has 0 amide bonds. The summed E-state index contributed by atoms with van der Waals surface area (Å²) in [4.78, 5) is 4.83. The van der Waals surface area contributed by atoms with E-state index < -0.39 is 0 Å². The molecule has 126 valence electrons. The molecule has 0 aliphatic heterocycles. The van der Waals surface area contributed by atoms with E-state index in [4.69, 9.17) is 0 Å². The van der Waals surface area contributed by atoms with Gasteiger partial charge < -0.3 is 10.3 Å². The highest BCUT2D eigenvalue weighted by Crippen LogP contribution is 2.33. The van der Waals surface area contributed by atoms with E-state index in [9.17, 15) is 0 Å². The van der Waals surface area contributed by atoms with Crippen molar-refractivity contribution in [2.75, 3.05) is 6.54 Å². The molecule has 0 saturated carbocycles. The normalized spacial score (nSPS) is 13.8. The van der Waals surface area contributed by atoms with Gasteiger partial charge in [0.2, 0.25) is 0 Å². The molecule has 2 atom stereocenters. The van der Waals surface area contributed by atoms with Crippen molar-refractivity contribution in [3.63, 3.8) is 0 Å². The summed E-state index contributed by atoms with van der Waals surface area (Å²) < 4.78 is 0. The van der Waals surface area contributed by atoms with Gasteiger partial charge >= 0.3 is 0 Å². The van der Waals surface area contributed by atoms with Gasteiger partial charge in [0.05, 0.1) is 0 Å². The van der Waals surface area contributed by atoms with Crippen LogP contribution in [0.5, 0.6) is 0 Å². The molecule has 25 heavy (non-hydrogen) atoms. The molecule has 0 saturated heterocycles. The predicted octanol–water partition coefficient (Wildman–Crippen LogP) is 5.71. The van der Waals surface area contributed by atoms with Gasteiger partial charge in [-0.3, -0.25) is 0 Å². The number of fused-ring (bicyclic) bond motifs is 1. The summed E-state index contributed by atoms with van der Waals surface area (Å²) in [6, 6.07) is 23.9. The van der Waals surface area contributed by atoms with E-state index in [2.05, 4.69) is 95.5 Å². The molecule has 0 aliphatic carbocycles. The number of aromatic amines is 1. The Labute approximate surface area is 152 Å². The fraction of sp³-hybridized carbons (Fsp3) is 0.182. The molecule has 0 spiro atoms. The first-order valence-corrected chi connectivity index (χ1v) is 9.58. The molecule has 0 bridgehead atoms. The fourth-order valence-corrected chi connectivity index (χ4v) is 4.24. The third kappa shape index (κ3) is 3.39. The minimum atomic E-state index is 0.328. The van der Waals surface area contributed by atoms with Crippen molar-refractivity contribution in [3.8, 4) is 0 Å². The second-order valence-corrected chi connectivity index (χ2v) is 7.38. The standard InChI is InChI=1S/C22H22N2S/c1-16(17-8-3-2-4-9-17)23-15-20(22-12-7-13-25-22)19-14-24-21-11-6-5-10-18(19)21/h2-14,16,20,23-24H,15H2,1H3/t16-,20-/m0/s1. The average molecular weight is 346 g/mol. The summed E-state index contributed by atoms with van der Waals surface area (Å²) in [6.45, 7) is 3.15. The van der Waals surface area contributed by atoms with Crippen molar-refractivity contribution < 1.29 is 0 Å². The van der Waals surface area contributed by atoms with Crippen molar-refractivity contribution in [1.29, 1.82) is 0 Å². The van der Waals surface area contributed by atoms with Crippen LogP contribution >= 0.6 is 11.3 Å². The number of rotatable bonds is 6. The summed E-state index contributed by atoms with van der Waals surface area (Å²) in [5.74, 6) is 0.349. The SMILES string of the molecule is C[C@H](NC[C@H](c1cccs1)c1c[nH]c2ccccc12)c1ccccc1. The Morgan fingerprint density at radius 3 is 2.56 bits per heavy atom. The van der Waals surface area contributed by atoms with Crippen LogP contribution in [0, 0.1) is 0 Å². The van der Waals surface area contributed by atoms with Crippen LogP contribution in [0.15, 0.2) is 78.3 Å². The number of benzene rings is 2. The van der Waals surface area contributed by atoms with Crippen molar-refractivity contribution in [2.24, 2.45) is 0 Å². The minimum absolute atomic E-state index is 0.328. The van der Waals surface area contributed by atoms with Gasteiger partial charge in [-0.25, -0.2) is 0 Å². The largest absolute Gasteiger partial charge is 0.361 e. The summed E-state index contributed by atoms with van der Waals surface area (Å²) in [5.41, 5.74) is 3.90. The average Bonchev–Trinajstić information content (AvgIpc) is 3.33. The van der Waals surface area contributed by atoms with Crippen LogP contribution in [-0.2, 0) is 0 Å². The monoisotopic (exact) mass is 346 g/mol. The molecule has 2 nitrogen and oxygen atoms in total. The second kappa shape index (κ2) is 7.26. The Hall–Kier alpha value is -2.36. The van der Waals surface area contributed by atoms with E-state index in [1.54, 1.807) is 0 Å². The molecule has 0 aliphatic rings. The molecular formula is C22H22N2S. The summed E-state index contributed by atoms with van der Waals surface area (Å²) in [7, 11) is 0. The number of para-hydroxylation sites is 1. The first-order valence-electron chi connectivity index (χ1n) is 8.70. The zero-order valence-electron chi connectivity index (χ0n) is 14.3. The van der Waals surface area contributed by atoms with Gasteiger partial charge in [-0.05, 0) is 35.6 Å². The van der Waals surface area contributed by atoms with Gasteiger partial charge in [0.25, 0.3) is 0 Å². The lowest BCUT2D eigenvalue weighted by atomic mass is 9.96. The first kappa shape index (κ1) is 16.1. The quantitative estimate of drug-likeness (QED) is 0.460. The number of aromatic nitrogens is 1. The zero-order valence-corrected chi connectivity index (χ0v) is 15.1. The van der Waals surface area contributed by atoms with E-state index >= 15 is 0 Å². The maximum Gasteiger partial charge on any atom is 0.0457 e. The molecule has 0 fully saturated rings. The van der Waals surface area contributed by atoms with E-state index in [1.165, 1.54) is 26.9 Å². The van der Waals surface area contributed by atoms with Crippen LogP contribution in [0.2, 0.25) is 0 Å². The first-order chi connectivity index (χ1) is 12.3. The van der Waals surface area contributed by atoms with E-state index in [-0.39, 0.29) is 0 Å². The van der Waals surface area contributed by atoms with Crippen molar-refractivity contribution >= 4 is 22.2 Å². The zero-order chi connectivity index (χ0) is 17.1. The lowest BCUT2D eigenvalue weighted by Gasteiger charge is -2.20. The van der Waals surface area contributed by atoms with Crippen LogP contribution < -0.4 is 5.32 Å². The van der Waals surface area contributed by atoms with Gasteiger partial charge in [0.15, 0.2) is 0 Å². The third-order valence-electron chi connectivity index (χ3n) is 4.81.